The first-order valence-electron chi connectivity index (χ1n) is 8.26. The molecular weight excluding hydrogens is 392 g/mol. The van der Waals surface area contributed by atoms with Crippen molar-refractivity contribution in [1.29, 1.82) is 0 Å². The first-order chi connectivity index (χ1) is 12.3. The number of nitrogens with one attached hydrogen (secondary N) is 4. The minimum Gasteiger partial charge on any atom is -0.334 e. The molecule has 10 heteroatoms. The molecule has 1 aliphatic heterocycles. The molecule has 0 aliphatic carbocycles. The summed E-state index contributed by atoms with van der Waals surface area (Å²) in [6.07, 6.45) is 3.14. The van der Waals surface area contributed by atoms with Crippen LogP contribution >= 0.6 is 12.4 Å². The normalized spacial score (nSPS) is 15.7. The summed E-state index contributed by atoms with van der Waals surface area (Å²) < 4.78 is 23.1. The highest BCUT2D eigenvalue weighted by atomic mass is 35.5. The van der Waals surface area contributed by atoms with Crippen LogP contribution in [0.4, 0.5) is 16.2 Å². The van der Waals surface area contributed by atoms with Crippen molar-refractivity contribution in [2.45, 2.75) is 17.6 Å². The molecule has 0 radical (unpaired) electrons. The highest BCUT2D eigenvalue weighted by Crippen LogP contribution is 2.29. The smallest absolute Gasteiger partial charge is 0.319 e. The summed E-state index contributed by atoms with van der Waals surface area (Å²) >= 11 is 0. The van der Waals surface area contributed by atoms with E-state index in [9.17, 15) is 18.0 Å². The van der Waals surface area contributed by atoms with Gasteiger partial charge in [0.05, 0.1) is 0 Å². The molecule has 0 bridgehead atoms. The third-order valence-corrected chi connectivity index (χ3v) is 6.36. The fourth-order valence-corrected chi connectivity index (χ4v) is 4.15. The van der Waals surface area contributed by atoms with Gasteiger partial charge in [-0.05, 0) is 50.2 Å². The molecule has 8 nitrogen and oxygen atoms in total. The summed E-state index contributed by atoms with van der Waals surface area (Å²) in [6, 6.07) is 6.10. The fourth-order valence-electron chi connectivity index (χ4n) is 2.82. The topological polar surface area (TPSA) is 116 Å². The van der Waals surface area contributed by atoms with Gasteiger partial charge in [-0.15, -0.1) is 19.0 Å². The molecule has 1 saturated heterocycles. The van der Waals surface area contributed by atoms with E-state index in [0.717, 1.165) is 6.26 Å². The molecule has 0 unspecified atom stereocenters. The molecule has 0 spiro atoms. The van der Waals surface area contributed by atoms with Crippen LogP contribution in [0.3, 0.4) is 0 Å². The van der Waals surface area contributed by atoms with Gasteiger partial charge in [-0.1, -0.05) is 6.08 Å². The quantitative estimate of drug-likeness (QED) is 0.524. The molecule has 2 rings (SSSR count). The lowest BCUT2D eigenvalue weighted by atomic mass is 9.95. The molecule has 0 aromatic heterocycles. The number of hydrogen-bond acceptors (Lipinski definition) is 5. The summed E-state index contributed by atoms with van der Waals surface area (Å²) in [5.74, 6) is -0.522. The summed E-state index contributed by atoms with van der Waals surface area (Å²) in [5.41, 5.74) is 1.01. The largest absolute Gasteiger partial charge is 0.334 e. The second kappa shape index (κ2) is 9.72. The van der Waals surface area contributed by atoms with E-state index < -0.39 is 20.5 Å². The van der Waals surface area contributed by atoms with E-state index in [-0.39, 0.29) is 31.3 Å². The number of rotatable bonds is 6. The van der Waals surface area contributed by atoms with Gasteiger partial charge in [-0.3, -0.25) is 4.79 Å². The van der Waals surface area contributed by atoms with Crippen molar-refractivity contribution in [1.82, 2.24) is 10.6 Å². The maximum absolute atomic E-state index is 12.7. The van der Waals surface area contributed by atoms with Crippen LogP contribution in [0.15, 0.2) is 36.9 Å². The van der Waals surface area contributed by atoms with Gasteiger partial charge < -0.3 is 21.3 Å². The monoisotopic (exact) mass is 416 g/mol. The minimum atomic E-state index is -3.57. The minimum absolute atomic E-state index is 0. The van der Waals surface area contributed by atoms with Crippen LogP contribution in [-0.2, 0) is 14.6 Å². The highest BCUT2D eigenvalue weighted by Gasteiger charge is 2.48. The van der Waals surface area contributed by atoms with Gasteiger partial charge in [0.15, 0.2) is 14.6 Å². The zero-order chi connectivity index (χ0) is 19.2. The number of amides is 3. The third kappa shape index (κ3) is 5.69. The number of carbonyl (C=O) groups excluding carboxylic acids is 2. The van der Waals surface area contributed by atoms with Crippen LogP contribution in [0.25, 0.3) is 0 Å². The first kappa shape index (κ1) is 22.9. The van der Waals surface area contributed by atoms with Crippen molar-refractivity contribution < 1.29 is 18.0 Å². The number of hydrogen-bond donors (Lipinski definition) is 4. The van der Waals surface area contributed by atoms with Crippen LogP contribution in [0.5, 0.6) is 0 Å². The maximum Gasteiger partial charge on any atom is 0.319 e. The van der Waals surface area contributed by atoms with Crippen molar-refractivity contribution in [2.75, 3.05) is 36.5 Å². The molecule has 3 amide bonds. The van der Waals surface area contributed by atoms with Crippen molar-refractivity contribution in [3.8, 4) is 0 Å². The van der Waals surface area contributed by atoms with Crippen molar-refractivity contribution in [3.63, 3.8) is 0 Å². The Balaban J connectivity index is 0.00000364. The average molecular weight is 417 g/mol. The van der Waals surface area contributed by atoms with E-state index in [2.05, 4.69) is 27.8 Å². The van der Waals surface area contributed by atoms with Crippen molar-refractivity contribution >= 4 is 45.6 Å². The number of piperidine rings is 1. The number of urea groups is 1. The van der Waals surface area contributed by atoms with Gasteiger partial charge in [0.25, 0.3) is 0 Å². The van der Waals surface area contributed by atoms with Crippen LogP contribution in [-0.4, -0.2) is 51.0 Å². The van der Waals surface area contributed by atoms with Gasteiger partial charge >= 0.3 is 6.03 Å². The standard InChI is InChI=1S/C17H24N4O4S.ClH/c1-3-10-19-16(23)21-14-6-4-13(5-7-14)20-15(22)17(26(2,24)25)8-11-18-12-9-17;/h3-7,18H,1,8-12H2,2H3,(H,20,22)(H2,19,21,23);1H. The zero-order valence-corrected chi connectivity index (χ0v) is 16.7. The van der Waals surface area contributed by atoms with E-state index in [1.807, 2.05) is 0 Å². The zero-order valence-electron chi connectivity index (χ0n) is 15.1. The van der Waals surface area contributed by atoms with Gasteiger partial charge in [0, 0.05) is 24.2 Å². The second-order valence-electron chi connectivity index (χ2n) is 6.17. The van der Waals surface area contributed by atoms with Gasteiger partial charge in [-0.2, -0.15) is 0 Å². The predicted molar refractivity (Wildman–Crippen MR) is 109 cm³/mol. The maximum atomic E-state index is 12.7. The molecule has 0 saturated carbocycles. The Bertz CT molecular complexity index is 775. The first-order valence-corrected chi connectivity index (χ1v) is 10.2. The number of sulfone groups is 1. The van der Waals surface area contributed by atoms with E-state index in [4.69, 9.17) is 0 Å². The number of anilines is 2. The Morgan fingerprint density at radius 2 is 1.67 bits per heavy atom. The molecule has 1 fully saturated rings. The Morgan fingerprint density at radius 1 is 1.15 bits per heavy atom. The van der Waals surface area contributed by atoms with Crippen molar-refractivity contribution in [2.24, 2.45) is 0 Å². The molecule has 4 N–H and O–H groups in total. The number of benzene rings is 1. The van der Waals surface area contributed by atoms with Crippen LogP contribution in [0.1, 0.15) is 12.8 Å². The third-order valence-electron chi connectivity index (χ3n) is 4.34. The summed E-state index contributed by atoms with van der Waals surface area (Å²) in [7, 11) is -3.57. The Morgan fingerprint density at radius 3 is 2.15 bits per heavy atom. The fraction of sp³-hybridized carbons (Fsp3) is 0.412. The van der Waals surface area contributed by atoms with Crippen LogP contribution in [0, 0.1) is 0 Å². The van der Waals surface area contributed by atoms with E-state index in [1.165, 1.54) is 0 Å². The second-order valence-corrected chi connectivity index (χ2v) is 8.50. The SMILES string of the molecule is C=CCNC(=O)Nc1ccc(NC(=O)C2(S(C)(=O)=O)CCNCC2)cc1.Cl. The number of halogens is 1. The summed E-state index contributed by atoms with van der Waals surface area (Å²) in [4.78, 5) is 24.3. The highest BCUT2D eigenvalue weighted by molar-refractivity contribution is 7.92. The molecule has 1 aromatic rings. The summed E-state index contributed by atoms with van der Waals surface area (Å²) in [6.45, 7) is 4.81. The van der Waals surface area contributed by atoms with Gasteiger partial charge in [0.1, 0.15) is 0 Å². The lowest BCUT2D eigenvalue weighted by molar-refractivity contribution is -0.119. The molecular formula is C17H25ClN4O4S. The predicted octanol–water partition coefficient (Wildman–Crippen LogP) is 1.52. The molecule has 1 aromatic carbocycles. The van der Waals surface area contributed by atoms with Crippen molar-refractivity contribution in [3.05, 3.63) is 36.9 Å². The van der Waals surface area contributed by atoms with Crippen LogP contribution in [0.2, 0.25) is 0 Å². The number of carbonyl (C=O) groups is 2. The lowest BCUT2D eigenvalue weighted by Crippen LogP contribution is -2.55. The molecule has 27 heavy (non-hydrogen) atoms. The van der Waals surface area contributed by atoms with Crippen LogP contribution < -0.4 is 21.3 Å². The van der Waals surface area contributed by atoms with Gasteiger partial charge in [0.2, 0.25) is 5.91 Å². The Hall–Kier alpha value is -2.10. The lowest BCUT2D eigenvalue weighted by Gasteiger charge is -2.34. The average Bonchev–Trinajstić information content (AvgIpc) is 2.61. The molecule has 0 atom stereocenters. The molecule has 1 heterocycles. The van der Waals surface area contributed by atoms with Gasteiger partial charge in [-0.25, -0.2) is 13.2 Å². The van der Waals surface area contributed by atoms with E-state index >= 15 is 0 Å². The van der Waals surface area contributed by atoms with E-state index in [1.54, 1.807) is 30.3 Å². The Kier molecular flexibility index (Phi) is 8.26. The van der Waals surface area contributed by atoms with E-state index in [0.29, 0.717) is 31.0 Å². The summed E-state index contributed by atoms with van der Waals surface area (Å²) in [5, 5.41) is 11.0. The molecule has 150 valence electrons. The Labute approximate surface area is 165 Å². The molecule has 1 aliphatic rings.